The van der Waals surface area contributed by atoms with Crippen molar-refractivity contribution in [2.45, 2.75) is 44.8 Å². The lowest BCUT2D eigenvalue weighted by Gasteiger charge is -2.07. The molecule has 1 saturated heterocycles. The van der Waals surface area contributed by atoms with E-state index in [4.69, 9.17) is 14.6 Å². The van der Waals surface area contributed by atoms with Crippen LogP contribution >= 0.6 is 0 Å². The molecule has 1 aliphatic heterocycles. The Bertz CT molecular complexity index is 283. The molecule has 0 aromatic heterocycles. The summed E-state index contributed by atoms with van der Waals surface area (Å²) in [6.45, 7) is 2.76. The lowest BCUT2D eigenvalue weighted by molar-refractivity contribution is -0.139. The molecule has 0 spiro atoms. The molecule has 0 aliphatic carbocycles. The number of hydrogen-bond acceptors (Lipinski definition) is 5. The van der Waals surface area contributed by atoms with E-state index in [1.807, 2.05) is 0 Å². The number of hydrogen-bond donors (Lipinski definition) is 2. The van der Waals surface area contributed by atoms with E-state index in [0.717, 1.165) is 19.3 Å². The molecule has 0 aromatic carbocycles. The second kappa shape index (κ2) is 8.24. The fourth-order valence-electron chi connectivity index (χ4n) is 1.53. The molecule has 0 bridgehead atoms. The summed E-state index contributed by atoms with van der Waals surface area (Å²) >= 11 is 0. The maximum Gasteiger partial charge on any atom is 0.333 e. The van der Waals surface area contributed by atoms with Crippen molar-refractivity contribution < 1.29 is 24.5 Å². The van der Waals surface area contributed by atoms with Gasteiger partial charge in [0.25, 0.3) is 0 Å². The first-order valence-corrected chi connectivity index (χ1v) is 6.39. The summed E-state index contributed by atoms with van der Waals surface area (Å²) in [5.74, 6) is -0.403. The number of aliphatic hydroxyl groups excluding tert-OH is 2. The van der Waals surface area contributed by atoms with Gasteiger partial charge in [-0.25, -0.2) is 4.79 Å². The Morgan fingerprint density at radius 1 is 1.50 bits per heavy atom. The third-order valence-corrected chi connectivity index (χ3v) is 2.73. The van der Waals surface area contributed by atoms with Crippen LogP contribution in [0.15, 0.2) is 11.6 Å². The Kier molecular flexibility index (Phi) is 6.93. The molecule has 5 nitrogen and oxygen atoms in total. The van der Waals surface area contributed by atoms with Gasteiger partial charge >= 0.3 is 5.97 Å². The van der Waals surface area contributed by atoms with Gasteiger partial charge in [0.05, 0.1) is 12.7 Å². The average Bonchev–Trinajstić information content (AvgIpc) is 3.15. The molecule has 1 heterocycles. The van der Waals surface area contributed by atoms with Crippen LogP contribution in [0, 0.1) is 0 Å². The third-order valence-electron chi connectivity index (χ3n) is 2.73. The summed E-state index contributed by atoms with van der Waals surface area (Å²) in [6.07, 6.45) is 4.00. The van der Waals surface area contributed by atoms with Crippen LogP contribution in [0.1, 0.15) is 32.6 Å². The SMILES string of the molecule is CC(=CC(O)CCCCCO)C(=O)OCC1CO1. The van der Waals surface area contributed by atoms with E-state index in [0.29, 0.717) is 18.6 Å². The zero-order valence-electron chi connectivity index (χ0n) is 10.8. The standard InChI is InChI=1S/C13H22O5/c1-10(13(16)18-9-12-8-17-12)7-11(15)5-3-2-4-6-14/h7,11-12,14-15H,2-6,8-9H2,1H3. The fourth-order valence-corrected chi connectivity index (χ4v) is 1.53. The summed E-state index contributed by atoms with van der Waals surface area (Å²) in [5.41, 5.74) is 0.422. The zero-order chi connectivity index (χ0) is 13.4. The minimum Gasteiger partial charge on any atom is -0.459 e. The Morgan fingerprint density at radius 3 is 2.83 bits per heavy atom. The Balaban J connectivity index is 2.17. The van der Waals surface area contributed by atoms with Gasteiger partial charge in [0.2, 0.25) is 0 Å². The van der Waals surface area contributed by atoms with Crippen molar-refractivity contribution in [2.75, 3.05) is 19.8 Å². The predicted octanol–water partition coefficient (Wildman–Crippen LogP) is 0.788. The Labute approximate surface area is 107 Å². The number of carbonyl (C=O) groups is 1. The van der Waals surface area contributed by atoms with Crippen LogP contribution in [-0.2, 0) is 14.3 Å². The smallest absolute Gasteiger partial charge is 0.333 e. The van der Waals surface area contributed by atoms with Crippen LogP contribution in [0.3, 0.4) is 0 Å². The Morgan fingerprint density at radius 2 is 2.22 bits per heavy atom. The fraction of sp³-hybridized carbons (Fsp3) is 0.769. The van der Waals surface area contributed by atoms with Crippen molar-refractivity contribution in [3.8, 4) is 0 Å². The van der Waals surface area contributed by atoms with E-state index in [9.17, 15) is 9.90 Å². The molecule has 18 heavy (non-hydrogen) atoms. The highest BCUT2D eigenvalue weighted by molar-refractivity contribution is 5.87. The highest BCUT2D eigenvalue weighted by atomic mass is 16.6. The molecule has 5 heteroatoms. The maximum absolute atomic E-state index is 11.5. The molecule has 2 N–H and O–H groups in total. The number of unbranched alkanes of at least 4 members (excludes halogenated alkanes) is 2. The number of epoxide rings is 1. The van der Waals surface area contributed by atoms with Crippen molar-refractivity contribution in [3.05, 3.63) is 11.6 Å². The largest absolute Gasteiger partial charge is 0.459 e. The van der Waals surface area contributed by atoms with Gasteiger partial charge in [0, 0.05) is 12.2 Å². The van der Waals surface area contributed by atoms with E-state index < -0.39 is 12.1 Å². The van der Waals surface area contributed by atoms with Crippen LogP contribution < -0.4 is 0 Å². The van der Waals surface area contributed by atoms with Crippen molar-refractivity contribution in [2.24, 2.45) is 0 Å². The molecule has 104 valence electrons. The molecule has 1 aliphatic rings. The van der Waals surface area contributed by atoms with Gasteiger partial charge in [-0.05, 0) is 25.8 Å². The molecule has 0 amide bonds. The molecule has 0 aromatic rings. The summed E-state index contributed by atoms with van der Waals surface area (Å²) in [6, 6.07) is 0. The van der Waals surface area contributed by atoms with Crippen LogP contribution in [0.2, 0.25) is 0 Å². The van der Waals surface area contributed by atoms with E-state index >= 15 is 0 Å². The van der Waals surface area contributed by atoms with E-state index in [2.05, 4.69) is 0 Å². The van der Waals surface area contributed by atoms with Gasteiger partial charge in [-0.3, -0.25) is 0 Å². The molecule has 0 radical (unpaired) electrons. The maximum atomic E-state index is 11.5. The van der Waals surface area contributed by atoms with Crippen molar-refractivity contribution in [3.63, 3.8) is 0 Å². The van der Waals surface area contributed by atoms with Gasteiger partial charge in [-0.1, -0.05) is 12.8 Å². The Hall–Kier alpha value is -0.910. The molecular weight excluding hydrogens is 236 g/mol. The van der Waals surface area contributed by atoms with Crippen molar-refractivity contribution in [1.82, 2.24) is 0 Å². The summed E-state index contributed by atoms with van der Waals surface area (Å²) in [5, 5.41) is 18.3. The van der Waals surface area contributed by atoms with Gasteiger partial charge in [-0.15, -0.1) is 0 Å². The quantitative estimate of drug-likeness (QED) is 0.277. The molecule has 1 rings (SSSR count). The molecule has 2 atom stereocenters. The van der Waals surface area contributed by atoms with Gasteiger partial charge in [0.15, 0.2) is 0 Å². The first-order chi connectivity index (χ1) is 8.63. The summed E-state index contributed by atoms with van der Waals surface area (Å²) in [4.78, 5) is 11.5. The second-order valence-corrected chi connectivity index (χ2v) is 4.54. The van der Waals surface area contributed by atoms with Gasteiger partial charge < -0.3 is 19.7 Å². The van der Waals surface area contributed by atoms with E-state index in [1.54, 1.807) is 6.92 Å². The number of carbonyl (C=O) groups excluding carboxylic acids is 1. The summed E-state index contributed by atoms with van der Waals surface area (Å²) < 4.78 is 9.92. The highest BCUT2D eigenvalue weighted by Gasteiger charge is 2.24. The van der Waals surface area contributed by atoms with Crippen molar-refractivity contribution in [1.29, 1.82) is 0 Å². The normalized spacial score (nSPS) is 20.6. The zero-order valence-corrected chi connectivity index (χ0v) is 10.8. The van der Waals surface area contributed by atoms with Crippen LogP contribution in [0.5, 0.6) is 0 Å². The minimum absolute atomic E-state index is 0.0603. The first-order valence-electron chi connectivity index (χ1n) is 6.39. The number of esters is 1. The third kappa shape index (κ3) is 6.74. The number of ether oxygens (including phenoxy) is 2. The topological polar surface area (TPSA) is 79.3 Å². The summed E-state index contributed by atoms with van der Waals surface area (Å²) in [7, 11) is 0. The molecular formula is C13H22O5. The lowest BCUT2D eigenvalue weighted by Crippen LogP contribution is -2.13. The highest BCUT2D eigenvalue weighted by Crippen LogP contribution is 2.11. The monoisotopic (exact) mass is 258 g/mol. The number of rotatable bonds is 9. The molecule has 2 unspecified atom stereocenters. The van der Waals surface area contributed by atoms with Crippen molar-refractivity contribution >= 4 is 5.97 Å². The van der Waals surface area contributed by atoms with Crippen LogP contribution in [0.25, 0.3) is 0 Å². The molecule has 0 saturated carbocycles. The van der Waals surface area contributed by atoms with E-state index in [1.165, 1.54) is 6.08 Å². The lowest BCUT2D eigenvalue weighted by atomic mass is 10.1. The van der Waals surface area contributed by atoms with Crippen LogP contribution in [0.4, 0.5) is 0 Å². The first kappa shape index (κ1) is 15.1. The van der Waals surface area contributed by atoms with Gasteiger partial charge in [-0.2, -0.15) is 0 Å². The van der Waals surface area contributed by atoms with Gasteiger partial charge in [0.1, 0.15) is 12.7 Å². The predicted molar refractivity (Wildman–Crippen MR) is 66.0 cm³/mol. The average molecular weight is 258 g/mol. The molecule has 1 fully saturated rings. The van der Waals surface area contributed by atoms with E-state index in [-0.39, 0.29) is 19.3 Å². The number of aliphatic hydroxyl groups is 2. The minimum atomic E-state index is -0.631. The van der Waals surface area contributed by atoms with Crippen LogP contribution in [-0.4, -0.2) is 48.2 Å². The second-order valence-electron chi connectivity index (χ2n) is 4.54.